The summed E-state index contributed by atoms with van der Waals surface area (Å²) in [7, 11) is 0. The molecule has 0 saturated carbocycles. The van der Waals surface area contributed by atoms with Gasteiger partial charge in [0.2, 0.25) is 0 Å². The van der Waals surface area contributed by atoms with Crippen molar-refractivity contribution in [3.63, 3.8) is 0 Å². The minimum absolute atomic E-state index is 0.0382. The highest BCUT2D eigenvalue weighted by Gasteiger charge is 2.53. The van der Waals surface area contributed by atoms with Gasteiger partial charge in [0.05, 0.1) is 5.56 Å². The van der Waals surface area contributed by atoms with Gasteiger partial charge in [-0.05, 0) is 36.8 Å². The quantitative estimate of drug-likeness (QED) is 0.602. The Bertz CT molecular complexity index is 1100. The van der Waals surface area contributed by atoms with E-state index in [1.807, 2.05) is 12.1 Å². The molecule has 2 aliphatic rings. The zero-order chi connectivity index (χ0) is 18.1. The first kappa shape index (κ1) is 14.8. The summed E-state index contributed by atoms with van der Waals surface area (Å²) in [5, 5.41) is 20.0. The lowest BCUT2D eigenvalue weighted by molar-refractivity contribution is 0.0224. The number of hydrogen-bond acceptors (Lipinski definition) is 5. The number of esters is 1. The van der Waals surface area contributed by atoms with Gasteiger partial charge in [-0.25, -0.2) is 4.79 Å². The molecular formula is C21H14O5. The minimum atomic E-state index is -1.18. The molecule has 0 radical (unpaired) electrons. The van der Waals surface area contributed by atoms with Crippen molar-refractivity contribution < 1.29 is 24.5 Å². The van der Waals surface area contributed by atoms with Crippen LogP contribution in [0.15, 0.2) is 54.6 Å². The van der Waals surface area contributed by atoms with Gasteiger partial charge in [-0.15, -0.1) is 0 Å². The minimum Gasteiger partial charge on any atom is -0.508 e. The largest absolute Gasteiger partial charge is 0.508 e. The molecule has 2 aliphatic heterocycles. The molecule has 5 nitrogen and oxygen atoms in total. The fourth-order valence-electron chi connectivity index (χ4n) is 3.80. The fraction of sp³-hybridized carbons (Fsp3) is 0.0952. The summed E-state index contributed by atoms with van der Waals surface area (Å²) in [5.41, 5.74) is 1.95. The van der Waals surface area contributed by atoms with E-state index in [9.17, 15) is 15.0 Å². The highest BCUT2D eigenvalue weighted by Crippen LogP contribution is 2.57. The van der Waals surface area contributed by atoms with Crippen LogP contribution in [-0.2, 0) is 10.3 Å². The number of hydrogen-bond donors (Lipinski definition) is 2. The number of phenols is 2. The third-order valence-electron chi connectivity index (χ3n) is 5.01. The number of carbonyl (C=O) groups excluding carboxylic acids is 1. The van der Waals surface area contributed by atoms with Crippen molar-refractivity contribution in [1.29, 1.82) is 0 Å². The Labute approximate surface area is 149 Å². The normalized spacial score (nSPS) is 19.3. The molecule has 0 bridgehead atoms. The third kappa shape index (κ3) is 1.72. The van der Waals surface area contributed by atoms with Crippen molar-refractivity contribution in [3.05, 3.63) is 82.4 Å². The van der Waals surface area contributed by atoms with E-state index in [4.69, 9.17) is 9.47 Å². The molecule has 2 N–H and O–H groups in total. The second-order valence-corrected chi connectivity index (χ2v) is 6.53. The zero-order valence-corrected chi connectivity index (χ0v) is 13.8. The Hall–Kier alpha value is -3.47. The summed E-state index contributed by atoms with van der Waals surface area (Å²) >= 11 is 0. The molecule has 5 rings (SSSR count). The molecule has 1 spiro atoms. The smallest absolute Gasteiger partial charge is 0.340 e. The second-order valence-electron chi connectivity index (χ2n) is 6.53. The average Bonchev–Trinajstić information content (AvgIpc) is 2.91. The number of aryl methyl sites for hydroxylation is 1. The van der Waals surface area contributed by atoms with Gasteiger partial charge in [0.1, 0.15) is 23.0 Å². The molecule has 2 heterocycles. The molecule has 1 unspecified atom stereocenters. The third-order valence-corrected chi connectivity index (χ3v) is 5.01. The average molecular weight is 346 g/mol. The van der Waals surface area contributed by atoms with Crippen LogP contribution in [0.3, 0.4) is 0 Å². The summed E-state index contributed by atoms with van der Waals surface area (Å²) in [6.45, 7) is 1.78. The number of ether oxygens (including phenoxy) is 2. The topological polar surface area (TPSA) is 76.0 Å². The number of carbonyl (C=O) groups is 1. The van der Waals surface area contributed by atoms with Gasteiger partial charge >= 0.3 is 5.97 Å². The van der Waals surface area contributed by atoms with Crippen LogP contribution >= 0.6 is 0 Å². The SMILES string of the molecule is Cc1cc2c(cc1O)Oc1cc(O)ccc1C21OC(=O)c2ccccc21. The van der Waals surface area contributed by atoms with Crippen molar-refractivity contribution in [2.45, 2.75) is 12.5 Å². The number of phenolic OH excluding ortho intramolecular Hbond substituents is 2. The van der Waals surface area contributed by atoms with Gasteiger partial charge in [0.25, 0.3) is 0 Å². The fourth-order valence-corrected chi connectivity index (χ4v) is 3.80. The van der Waals surface area contributed by atoms with Crippen molar-refractivity contribution in [2.24, 2.45) is 0 Å². The monoisotopic (exact) mass is 346 g/mol. The molecule has 0 aliphatic carbocycles. The standard InChI is InChI=1S/C21H14O5/c1-11-8-16-19(10-17(11)23)25-18-9-12(22)6-7-15(18)21(16)14-5-3-2-4-13(14)20(24)26-21/h2-10,22-23H,1H3. The molecule has 3 aromatic carbocycles. The lowest BCUT2D eigenvalue weighted by atomic mass is 9.77. The molecule has 0 aromatic heterocycles. The summed E-state index contributed by atoms with van der Waals surface area (Å²) in [6.07, 6.45) is 0. The molecule has 26 heavy (non-hydrogen) atoms. The van der Waals surface area contributed by atoms with E-state index in [2.05, 4.69) is 0 Å². The highest BCUT2D eigenvalue weighted by molar-refractivity contribution is 5.97. The Kier molecular flexibility index (Phi) is 2.73. The van der Waals surface area contributed by atoms with Crippen molar-refractivity contribution in [2.75, 3.05) is 0 Å². The Morgan fingerprint density at radius 1 is 0.885 bits per heavy atom. The maximum atomic E-state index is 12.6. The molecule has 1 atom stereocenters. The van der Waals surface area contributed by atoms with E-state index in [1.165, 1.54) is 18.2 Å². The van der Waals surface area contributed by atoms with E-state index >= 15 is 0 Å². The first-order valence-corrected chi connectivity index (χ1v) is 8.19. The van der Waals surface area contributed by atoms with E-state index in [0.717, 1.165) is 0 Å². The van der Waals surface area contributed by atoms with Crippen LogP contribution in [0.5, 0.6) is 23.0 Å². The van der Waals surface area contributed by atoms with E-state index in [1.54, 1.807) is 31.2 Å². The van der Waals surface area contributed by atoms with Crippen LogP contribution in [-0.4, -0.2) is 16.2 Å². The first-order chi connectivity index (χ1) is 12.5. The molecule has 0 fully saturated rings. The van der Waals surface area contributed by atoms with Crippen LogP contribution in [0, 0.1) is 6.92 Å². The summed E-state index contributed by atoms with van der Waals surface area (Å²) < 4.78 is 11.9. The van der Waals surface area contributed by atoms with E-state index in [-0.39, 0.29) is 11.5 Å². The summed E-state index contributed by atoms with van der Waals surface area (Å²) in [4.78, 5) is 12.6. The van der Waals surface area contributed by atoms with Gasteiger partial charge < -0.3 is 19.7 Å². The summed E-state index contributed by atoms with van der Waals surface area (Å²) in [5.74, 6) is 0.468. The van der Waals surface area contributed by atoms with Crippen molar-refractivity contribution in [3.8, 4) is 23.0 Å². The molecular weight excluding hydrogens is 332 g/mol. The lowest BCUT2D eigenvalue weighted by Crippen LogP contribution is -2.33. The molecule has 0 saturated heterocycles. The van der Waals surface area contributed by atoms with Crippen molar-refractivity contribution >= 4 is 5.97 Å². The van der Waals surface area contributed by atoms with E-state index in [0.29, 0.717) is 39.3 Å². The van der Waals surface area contributed by atoms with Gasteiger partial charge in [0.15, 0.2) is 5.60 Å². The van der Waals surface area contributed by atoms with Gasteiger partial charge in [0, 0.05) is 28.8 Å². The zero-order valence-electron chi connectivity index (χ0n) is 13.8. The Morgan fingerprint density at radius 3 is 2.50 bits per heavy atom. The maximum Gasteiger partial charge on any atom is 0.340 e. The van der Waals surface area contributed by atoms with Crippen LogP contribution in [0.1, 0.15) is 32.6 Å². The Morgan fingerprint density at radius 2 is 1.65 bits per heavy atom. The number of fused-ring (bicyclic) bond motifs is 6. The van der Waals surface area contributed by atoms with Gasteiger partial charge in [-0.3, -0.25) is 0 Å². The van der Waals surface area contributed by atoms with Crippen LogP contribution in [0.25, 0.3) is 0 Å². The maximum absolute atomic E-state index is 12.6. The van der Waals surface area contributed by atoms with Gasteiger partial charge in [-0.2, -0.15) is 0 Å². The molecule has 0 amide bonds. The lowest BCUT2D eigenvalue weighted by Gasteiger charge is -2.36. The first-order valence-electron chi connectivity index (χ1n) is 8.19. The molecule has 3 aromatic rings. The van der Waals surface area contributed by atoms with Crippen LogP contribution in [0.4, 0.5) is 0 Å². The second kappa shape index (κ2) is 4.79. The van der Waals surface area contributed by atoms with Crippen molar-refractivity contribution in [1.82, 2.24) is 0 Å². The van der Waals surface area contributed by atoms with E-state index < -0.39 is 11.6 Å². The molecule has 128 valence electrons. The predicted octanol–water partition coefficient (Wildman–Crippen LogP) is 3.97. The number of aromatic hydroxyl groups is 2. The predicted molar refractivity (Wildman–Crippen MR) is 92.8 cm³/mol. The number of rotatable bonds is 0. The number of benzene rings is 3. The van der Waals surface area contributed by atoms with Crippen LogP contribution in [0.2, 0.25) is 0 Å². The van der Waals surface area contributed by atoms with Crippen LogP contribution < -0.4 is 4.74 Å². The Balaban J connectivity index is 1.92. The highest BCUT2D eigenvalue weighted by atomic mass is 16.6. The van der Waals surface area contributed by atoms with Gasteiger partial charge in [-0.1, -0.05) is 18.2 Å². The molecule has 5 heteroatoms. The summed E-state index contributed by atoms with van der Waals surface area (Å²) in [6, 6.07) is 15.2.